The molecule has 2 aromatic carbocycles. The molecule has 8 nitrogen and oxygen atoms in total. The number of rotatable bonds is 6. The lowest BCUT2D eigenvalue weighted by atomic mass is 10.1. The smallest absolute Gasteiger partial charge is 0.271 e. The molecule has 0 atom stereocenters. The molecule has 29 heavy (non-hydrogen) atoms. The van der Waals surface area contributed by atoms with Crippen molar-refractivity contribution in [3.8, 4) is 5.75 Å². The third-order valence-corrected chi connectivity index (χ3v) is 4.49. The number of hydrogen-bond acceptors (Lipinski definition) is 5. The molecular weight excluding hydrogens is 374 g/mol. The van der Waals surface area contributed by atoms with Gasteiger partial charge in [0.15, 0.2) is 0 Å². The van der Waals surface area contributed by atoms with Gasteiger partial charge < -0.3 is 14.6 Å². The molecule has 0 saturated carbocycles. The normalized spacial score (nSPS) is 10.4. The van der Waals surface area contributed by atoms with Crippen LogP contribution in [0.3, 0.4) is 0 Å². The molecule has 0 spiro atoms. The Morgan fingerprint density at radius 3 is 2.62 bits per heavy atom. The molecule has 3 rings (SSSR count). The number of methoxy groups -OCH3 is 1. The predicted octanol–water partition coefficient (Wildman–Crippen LogP) is 3.37. The zero-order chi connectivity index (χ0) is 21.0. The van der Waals surface area contributed by atoms with Gasteiger partial charge >= 0.3 is 0 Å². The molecule has 8 heteroatoms. The Morgan fingerprint density at radius 2 is 1.93 bits per heavy atom. The fourth-order valence-corrected chi connectivity index (χ4v) is 2.86. The average Bonchev–Trinajstić information content (AvgIpc) is 2.71. The summed E-state index contributed by atoms with van der Waals surface area (Å²) in [6.07, 6.45) is 1.47. The van der Waals surface area contributed by atoms with E-state index in [0.717, 1.165) is 11.1 Å². The topological polar surface area (TPSA) is 103 Å². The average molecular weight is 393 g/mol. The van der Waals surface area contributed by atoms with E-state index in [9.17, 15) is 19.7 Å². The zero-order valence-corrected chi connectivity index (χ0v) is 15.9. The van der Waals surface area contributed by atoms with Crippen LogP contribution in [0.1, 0.15) is 21.5 Å². The molecule has 1 aromatic heterocycles. The number of nitro groups is 1. The molecule has 0 saturated heterocycles. The zero-order valence-electron chi connectivity index (χ0n) is 15.9. The van der Waals surface area contributed by atoms with Crippen molar-refractivity contribution < 1.29 is 14.5 Å². The van der Waals surface area contributed by atoms with Crippen molar-refractivity contribution in [2.75, 3.05) is 12.4 Å². The Kier molecular flexibility index (Phi) is 5.73. The van der Waals surface area contributed by atoms with Crippen LogP contribution in [0.25, 0.3) is 0 Å². The number of amides is 1. The maximum absolute atomic E-state index is 12.7. The third-order valence-electron chi connectivity index (χ3n) is 4.49. The van der Waals surface area contributed by atoms with Crippen molar-refractivity contribution >= 4 is 17.3 Å². The number of benzene rings is 2. The molecule has 148 valence electrons. The van der Waals surface area contributed by atoms with Crippen molar-refractivity contribution in [1.82, 2.24) is 4.57 Å². The molecule has 0 fully saturated rings. The summed E-state index contributed by atoms with van der Waals surface area (Å²) in [6, 6.07) is 14.3. The summed E-state index contributed by atoms with van der Waals surface area (Å²) in [4.78, 5) is 35.4. The van der Waals surface area contributed by atoms with Crippen molar-refractivity contribution in [2.24, 2.45) is 0 Å². The van der Waals surface area contributed by atoms with E-state index in [1.165, 1.54) is 48.2 Å². The van der Waals surface area contributed by atoms with E-state index in [2.05, 4.69) is 5.32 Å². The first-order valence-electron chi connectivity index (χ1n) is 8.78. The number of nitro benzene ring substituents is 1. The summed E-state index contributed by atoms with van der Waals surface area (Å²) in [5.41, 5.74) is 2.00. The minimum Gasteiger partial charge on any atom is -0.495 e. The van der Waals surface area contributed by atoms with Crippen molar-refractivity contribution in [2.45, 2.75) is 13.5 Å². The number of pyridine rings is 1. The van der Waals surface area contributed by atoms with Gasteiger partial charge in [-0.25, -0.2) is 0 Å². The summed E-state index contributed by atoms with van der Waals surface area (Å²) in [5, 5.41) is 13.6. The first kappa shape index (κ1) is 19.8. The van der Waals surface area contributed by atoms with Gasteiger partial charge in [-0.15, -0.1) is 0 Å². The fraction of sp³-hybridized carbons (Fsp3) is 0.143. The van der Waals surface area contributed by atoms with Gasteiger partial charge in [0.1, 0.15) is 5.75 Å². The number of carbonyl (C=O) groups is 1. The molecule has 0 bridgehead atoms. The van der Waals surface area contributed by atoms with Crippen LogP contribution in [0.2, 0.25) is 0 Å². The van der Waals surface area contributed by atoms with Gasteiger partial charge in [-0.1, -0.05) is 24.3 Å². The molecule has 3 aromatic rings. The van der Waals surface area contributed by atoms with Gasteiger partial charge in [-0.05, 0) is 30.2 Å². The summed E-state index contributed by atoms with van der Waals surface area (Å²) >= 11 is 0. The van der Waals surface area contributed by atoms with E-state index in [0.29, 0.717) is 6.54 Å². The van der Waals surface area contributed by atoms with Crippen LogP contribution in [0.4, 0.5) is 11.4 Å². The first-order chi connectivity index (χ1) is 13.9. The predicted molar refractivity (Wildman–Crippen MR) is 109 cm³/mol. The maximum Gasteiger partial charge on any atom is 0.271 e. The maximum atomic E-state index is 12.7. The summed E-state index contributed by atoms with van der Waals surface area (Å²) in [5.74, 6) is -0.223. The number of aryl methyl sites for hydroxylation is 1. The Morgan fingerprint density at radius 1 is 1.17 bits per heavy atom. The van der Waals surface area contributed by atoms with Crippen molar-refractivity contribution in [1.29, 1.82) is 0 Å². The fourth-order valence-electron chi connectivity index (χ4n) is 2.86. The van der Waals surface area contributed by atoms with Crippen LogP contribution in [0, 0.1) is 17.0 Å². The van der Waals surface area contributed by atoms with Crippen LogP contribution < -0.4 is 15.6 Å². The van der Waals surface area contributed by atoms with Crippen molar-refractivity contribution in [3.63, 3.8) is 0 Å². The highest BCUT2D eigenvalue weighted by Crippen LogP contribution is 2.29. The molecule has 0 aliphatic heterocycles. The van der Waals surface area contributed by atoms with Crippen LogP contribution in [0.15, 0.2) is 65.6 Å². The van der Waals surface area contributed by atoms with Gasteiger partial charge in [0.05, 0.1) is 29.8 Å². The summed E-state index contributed by atoms with van der Waals surface area (Å²) in [7, 11) is 1.40. The monoisotopic (exact) mass is 393 g/mol. The number of carbonyl (C=O) groups excluding carboxylic acids is 1. The third kappa shape index (κ3) is 4.49. The highest BCUT2D eigenvalue weighted by atomic mass is 16.6. The van der Waals surface area contributed by atoms with Gasteiger partial charge in [-0.2, -0.15) is 0 Å². The molecule has 1 N–H and O–H groups in total. The Balaban J connectivity index is 1.89. The van der Waals surface area contributed by atoms with E-state index in [-0.39, 0.29) is 28.2 Å². The quantitative estimate of drug-likeness (QED) is 0.511. The van der Waals surface area contributed by atoms with Gasteiger partial charge in [-0.3, -0.25) is 19.7 Å². The highest BCUT2D eigenvalue weighted by Gasteiger charge is 2.15. The van der Waals surface area contributed by atoms with Crippen molar-refractivity contribution in [3.05, 3.63) is 98.0 Å². The van der Waals surface area contributed by atoms with Gasteiger partial charge in [0.25, 0.3) is 17.2 Å². The summed E-state index contributed by atoms with van der Waals surface area (Å²) < 4.78 is 6.61. The number of nitrogens with zero attached hydrogens (tertiary/aromatic N) is 2. The van der Waals surface area contributed by atoms with Crippen LogP contribution in [-0.4, -0.2) is 22.5 Å². The molecule has 1 heterocycles. The minimum absolute atomic E-state index is 0.170. The van der Waals surface area contributed by atoms with Gasteiger partial charge in [0, 0.05) is 24.4 Å². The van der Waals surface area contributed by atoms with Crippen LogP contribution in [0.5, 0.6) is 5.75 Å². The van der Waals surface area contributed by atoms with E-state index in [4.69, 9.17) is 4.74 Å². The molecular formula is C21H19N3O5. The number of aromatic nitrogens is 1. The number of ether oxygens (including phenoxy) is 1. The number of anilines is 1. The highest BCUT2D eigenvalue weighted by molar-refractivity contribution is 6.05. The Hall–Kier alpha value is -3.94. The summed E-state index contributed by atoms with van der Waals surface area (Å²) in [6.45, 7) is 2.28. The van der Waals surface area contributed by atoms with E-state index < -0.39 is 10.8 Å². The minimum atomic E-state index is -0.558. The molecule has 0 aliphatic carbocycles. The number of hydrogen-bond donors (Lipinski definition) is 1. The number of nitrogens with one attached hydrogen (secondary N) is 1. The second-order valence-corrected chi connectivity index (χ2v) is 6.41. The second-order valence-electron chi connectivity index (χ2n) is 6.41. The lowest BCUT2D eigenvalue weighted by molar-refractivity contribution is -0.384. The Bertz CT molecular complexity index is 1140. The molecule has 0 unspecified atom stereocenters. The SMILES string of the molecule is COc1ccc([N+](=O)[O-])cc1NC(=O)c1ccc(=O)n(Cc2ccccc2C)c1. The van der Waals surface area contributed by atoms with Crippen LogP contribution >= 0.6 is 0 Å². The Labute approximate surface area is 166 Å². The lowest BCUT2D eigenvalue weighted by Gasteiger charge is -2.12. The van der Waals surface area contributed by atoms with E-state index >= 15 is 0 Å². The molecule has 1 amide bonds. The molecule has 0 aliphatic rings. The van der Waals surface area contributed by atoms with E-state index in [1.807, 2.05) is 31.2 Å². The molecule has 0 radical (unpaired) electrons. The second kappa shape index (κ2) is 8.39. The van der Waals surface area contributed by atoms with Gasteiger partial charge in [0.2, 0.25) is 0 Å². The number of non-ortho nitro benzene ring substituents is 1. The lowest BCUT2D eigenvalue weighted by Crippen LogP contribution is -2.23. The largest absolute Gasteiger partial charge is 0.495 e. The van der Waals surface area contributed by atoms with Crippen LogP contribution in [-0.2, 0) is 6.54 Å². The standard InChI is InChI=1S/C21H19N3O5/c1-14-5-3-4-6-15(14)12-23-13-16(7-10-20(23)25)21(26)22-18-11-17(24(27)28)8-9-19(18)29-2/h3-11,13H,12H2,1-2H3,(H,22,26). The van der Waals surface area contributed by atoms with E-state index in [1.54, 1.807) is 0 Å². The first-order valence-corrected chi connectivity index (χ1v) is 8.78.